The number of carboxylic acids is 1. The molecule has 0 saturated heterocycles. The molecule has 0 fully saturated rings. The lowest BCUT2D eigenvalue weighted by molar-refractivity contribution is -0.138. The molecule has 0 aliphatic carbocycles. The molecule has 3 aromatic carbocycles. The van der Waals surface area contributed by atoms with E-state index in [1.807, 2.05) is 31.2 Å². The molecule has 0 spiro atoms. The topological polar surface area (TPSA) is 77.0 Å². The molecular formula is C28H30F3NO5. The lowest BCUT2D eigenvalue weighted by Gasteiger charge is -2.17. The Labute approximate surface area is 214 Å². The normalized spacial score (nSPS) is 12.2. The van der Waals surface area contributed by atoms with Crippen molar-refractivity contribution >= 4 is 5.97 Å². The SMILES string of the molecule is COc1cccc(C(C)NCCOc2cc(-c3ccc(OC)c(CCC(=O)O)c3)cc(C(F)(F)F)c2)c1. The second kappa shape index (κ2) is 12.5. The van der Waals surface area contributed by atoms with Crippen LogP contribution in [0.15, 0.2) is 60.7 Å². The minimum atomic E-state index is -4.56. The lowest BCUT2D eigenvalue weighted by atomic mass is 9.98. The third-order valence-corrected chi connectivity index (χ3v) is 5.87. The van der Waals surface area contributed by atoms with Gasteiger partial charge in [0.05, 0.1) is 19.8 Å². The summed E-state index contributed by atoms with van der Waals surface area (Å²) >= 11 is 0. The van der Waals surface area contributed by atoms with Crippen LogP contribution in [0, 0.1) is 0 Å². The summed E-state index contributed by atoms with van der Waals surface area (Å²) in [6.07, 6.45) is -4.50. The Kier molecular flexibility index (Phi) is 9.41. The number of ether oxygens (including phenoxy) is 3. The van der Waals surface area contributed by atoms with E-state index >= 15 is 0 Å². The maximum absolute atomic E-state index is 13.7. The van der Waals surface area contributed by atoms with Crippen molar-refractivity contribution in [3.63, 3.8) is 0 Å². The molecule has 1 unspecified atom stereocenters. The van der Waals surface area contributed by atoms with Gasteiger partial charge in [0.2, 0.25) is 0 Å². The fourth-order valence-electron chi connectivity index (χ4n) is 3.88. The van der Waals surface area contributed by atoms with Gasteiger partial charge in [0, 0.05) is 19.0 Å². The Bertz CT molecular complexity index is 1210. The zero-order valence-electron chi connectivity index (χ0n) is 20.9. The first-order valence-electron chi connectivity index (χ1n) is 11.7. The molecule has 1 atom stereocenters. The Morgan fingerprint density at radius 2 is 1.76 bits per heavy atom. The van der Waals surface area contributed by atoms with Gasteiger partial charge in [-0.1, -0.05) is 18.2 Å². The predicted octanol–water partition coefficient (Wildman–Crippen LogP) is 6.14. The quantitative estimate of drug-likeness (QED) is 0.281. The second-order valence-electron chi connectivity index (χ2n) is 8.47. The highest BCUT2D eigenvalue weighted by atomic mass is 19.4. The maximum Gasteiger partial charge on any atom is 0.416 e. The number of alkyl halides is 3. The smallest absolute Gasteiger partial charge is 0.416 e. The van der Waals surface area contributed by atoms with E-state index in [1.54, 1.807) is 31.4 Å². The van der Waals surface area contributed by atoms with Gasteiger partial charge in [-0.05, 0) is 78.1 Å². The summed E-state index contributed by atoms with van der Waals surface area (Å²) in [5.41, 5.74) is 1.58. The van der Waals surface area contributed by atoms with Gasteiger partial charge in [-0.2, -0.15) is 13.2 Å². The van der Waals surface area contributed by atoms with Crippen LogP contribution in [0.1, 0.15) is 36.1 Å². The molecule has 0 bridgehead atoms. The molecule has 2 N–H and O–H groups in total. The summed E-state index contributed by atoms with van der Waals surface area (Å²) in [7, 11) is 3.05. The van der Waals surface area contributed by atoms with E-state index in [4.69, 9.17) is 19.3 Å². The molecule has 0 aromatic heterocycles. The zero-order chi connectivity index (χ0) is 27.0. The first-order chi connectivity index (χ1) is 17.6. The molecule has 0 saturated carbocycles. The molecule has 9 heteroatoms. The average molecular weight is 518 g/mol. The van der Waals surface area contributed by atoms with Crippen LogP contribution in [-0.2, 0) is 17.4 Å². The van der Waals surface area contributed by atoms with E-state index in [0.29, 0.717) is 29.0 Å². The zero-order valence-corrected chi connectivity index (χ0v) is 20.9. The number of nitrogens with one attached hydrogen (secondary N) is 1. The number of rotatable bonds is 12. The Morgan fingerprint density at radius 1 is 0.973 bits per heavy atom. The average Bonchev–Trinajstić information content (AvgIpc) is 2.88. The van der Waals surface area contributed by atoms with Crippen molar-refractivity contribution in [3.8, 4) is 28.4 Å². The third-order valence-electron chi connectivity index (χ3n) is 5.87. The molecule has 0 aliphatic heterocycles. The van der Waals surface area contributed by atoms with Gasteiger partial charge in [0.1, 0.15) is 23.9 Å². The Morgan fingerprint density at radius 3 is 2.43 bits per heavy atom. The summed E-state index contributed by atoms with van der Waals surface area (Å²) in [5, 5.41) is 12.3. The van der Waals surface area contributed by atoms with Crippen LogP contribution in [0.2, 0.25) is 0 Å². The van der Waals surface area contributed by atoms with Crippen LogP contribution in [0.4, 0.5) is 13.2 Å². The van der Waals surface area contributed by atoms with E-state index in [-0.39, 0.29) is 31.2 Å². The maximum atomic E-state index is 13.7. The van der Waals surface area contributed by atoms with Crippen molar-refractivity contribution in [3.05, 3.63) is 77.4 Å². The van der Waals surface area contributed by atoms with Crippen molar-refractivity contribution in [2.75, 3.05) is 27.4 Å². The van der Waals surface area contributed by atoms with Crippen LogP contribution in [0.25, 0.3) is 11.1 Å². The number of carbonyl (C=O) groups is 1. The second-order valence-corrected chi connectivity index (χ2v) is 8.47. The highest BCUT2D eigenvalue weighted by molar-refractivity contribution is 5.70. The molecule has 0 radical (unpaired) electrons. The first-order valence-corrected chi connectivity index (χ1v) is 11.7. The number of aryl methyl sites for hydroxylation is 1. The number of benzene rings is 3. The summed E-state index contributed by atoms with van der Waals surface area (Å²) < 4.78 is 57.2. The Balaban J connectivity index is 1.76. The number of halogens is 3. The van der Waals surface area contributed by atoms with E-state index in [0.717, 1.165) is 23.4 Å². The molecule has 3 rings (SSSR count). The minimum Gasteiger partial charge on any atom is -0.497 e. The van der Waals surface area contributed by atoms with Crippen molar-refractivity contribution in [1.82, 2.24) is 5.32 Å². The summed E-state index contributed by atoms with van der Waals surface area (Å²) in [4.78, 5) is 11.0. The summed E-state index contributed by atoms with van der Waals surface area (Å²) in [6.45, 7) is 2.54. The number of carboxylic acid groups (broad SMARTS) is 1. The number of hydrogen-bond acceptors (Lipinski definition) is 5. The molecule has 198 valence electrons. The van der Waals surface area contributed by atoms with Gasteiger partial charge in [-0.15, -0.1) is 0 Å². The van der Waals surface area contributed by atoms with Gasteiger partial charge >= 0.3 is 12.1 Å². The summed E-state index contributed by atoms with van der Waals surface area (Å²) in [5.74, 6) is 0.327. The van der Waals surface area contributed by atoms with Gasteiger partial charge in [0.15, 0.2) is 0 Å². The van der Waals surface area contributed by atoms with Crippen LogP contribution in [0.5, 0.6) is 17.2 Å². The fraction of sp³-hybridized carbons (Fsp3) is 0.321. The third kappa shape index (κ3) is 7.88. The molecule has 3 aromatic rings. The number of methoxy groups -OCH3 is 2. The van der Waals surface area contributed by atoms with Gasteiger partial charge in [0.25, 0.3) is 0 Å². The number of hydrogen-bond donors (Lipinski definition) is 2. The monoisotopic (exact) mass is 517 g/mol. The fourth-order valence-corrected chi connectivity index (χ4v) is 3.88. The van der Waals surface area contributed by atoms with Gasteiger partial charge < -0.3 is 24.6 Å². The van der Waals surface area contributed by atoms with Crippen LogP contribution in [-0.4, -0.2) is 38.4 Å². The first kappa shape index (κ1) is 27.9. The van der Waals surface area contributed by atoms with Crippen molar-refractivity contribution < 1.29 is 37.3 Å². The molecule has 0 amide bonds. The predicted molar refractivity (Wildman–Crippen MR) is 134 cm³/mol. The van der Waals surface area contributed by atoms with Gasteiger partial charge in [-0.25, -0.2) is 0 Å². The minimum absolute atomic E-state index is 0.0145. The van der Waals surface area contributed by atoms with E-state index in [2.05, 4.69) is 5.32 Å². The van der Waals surface area contributed by atoms with E-state index in [1.165, 1.54) is 7.11 Å². The lowest BCUT2D eigenvalue weighted by Crippen LogP contribution is -2.24. The van der Waals surface area contributed by atoms with Crippen LogP contribution in [0.3, 0.4) is 0 Å². The molecule has 0 aliphatic rings. The highest BCUT2D eigenvalue weighted by Crippen LogP contribution is 2.37. The molecule has 0 heterocycles. The van der Waals surface area contributed by atoms with Crippen LogP contribution < -0.4 is 19.5 Å². The van der Waals surface area contributed by atoms with Crippen molar-refractivity contribution in [2.24, 2.45) is 0 Å². The standard InChI is InChI=1S/C28H30F3NO5/c1-18(19-5-4-6-24(15-19)35-2)32-11-12-37-25-16-22(14-23(17-25)28(29,30)31)20-7-9-26(36-3)21(13-20)8-10-27(33)34/h4-7,9,13-18,32H,8,10-12H2,1-3H3,(H,33,34). The number of aliphatic carboxylic acids is 1. The summed E-state index contributed by atoms with van der Waals surface area (Å²) in [6, 6.07) is 16.1. The van der Waals surface area contributed by atoms with E-state index in [9.17, 15) is 18.0 Å². The van der Waals surface area contributed by atoms with Crippen molar-refractivity contribution in [2.45, 2.75) is 32.0 Å². The van der Waals surface area contributed by atoms with Crippen LogP contribution >= 0.6 is 0 Å². The molecular weight excluding hydrogens is 487 g/mol. The highest BCUT2D eigenvalue weighted by Gasteiger charge is 2.31. The molecule has 6 nitrogen and oxygen atoms in total. The molecule has 37 heavy (non-hydrogen) atoms. The van der Waals surface area contributed by atoms with Crippen molar-refractivity contribution in [1.29, 1.82) is 0 Å². The van der Waals surface area contributed by atoms with E-state index < -0.39 is 17.7 Å². The van der Waals surface area contributed by atoms with Gasteiger partial charge in [-0.3, -0.25) is 4.79 Å². The Hall–Kier alpha value is -3.72. The largest absolute Gasteiger partial charge is 0.497 e.